The molecule has 0 saturated carbocycles. The fourth-order valence-corrected chi connectivity index (χ4v) is 2.95. The molecule has 0 bridgehead atoms. The summed E-state index contributed by atoms with van der Waals surface area (Å²) in [7, 11) is 3.46. The normalized spacial score (nSPS) is 16.1. The molecule has 2 heterocycles. The number of amides is 1. The third kappa shape index (κ3) is 7.92. The molecule has 1 fully saturated rings. The molecule has 0 aliphatic carbocycles. The second kappa shape index (κ2) is 12.8. The standard InChI is InChI=1S/C19H31N5O2.HI/c1-4-10-20-19(22-15-18(25)23(2)3)21-14-16(17-9-8-13-26-17)24-11-6-5-7-12-24;/h4,8-9,13,16H,1,5-7,10-12,14-15H2,2-3H3,(H2,20,21,22);1H. The minimum Gasteiger partial charge on any atom is -0.468 e. The van der Waals surface area contributed by atoms with Crippen molar-refractivity contribution < 1.29 is 9.21 Å². The first-order valence-corrected chi connectivity index (χ1v) is 9.22. The molecule has 1 saturated heterocycles. The Labute approximate surface area is 179 Å². The number of furan rings is 1. The number of piperidine rings is 1. The Balaban J connectivity index is 0.00000364. The number of likely N-dealkylation sites (N-methyl/N-ethyl adjacent to an activating group) is 1. The van der Waals surface area contributed by atoms with Gasteiger partial charge in [0, 0.05) is 27.2 Å². The molecular formula is C19H32IN5O2. The number of rotatable bonds is 8. The minimum atomic E-state index is -0.0386. The van der Waals surface area contributed by atoms with Crippen molar-refractivity contribution in [1.29, 1.82) is 0 Å². The van der Waals surface area contributed by atoms with Gasteiger partial charge in [-0.2, -0.15) is 0 Å². The fraction of sp³-hybridized carbons (Fsp3) is 0.579. The SMILES string of the molecule is C=CCNC(=NCC(=O)N(C)C)NCC(c1ccco1)N1CCCCC1.I. The Bertz CT molecular complexity index is 583. The van der Waals surface area contributed by atoms with Crippen LogP contribution in [0.15, 0.2) is 40.5 Å². The summed E-state index contributed by atoms with van der Waals surface area (Å²) in [6.07, 6.45) is 7.19. The van der Waals surface area contributed by atoms with Crippen molar-refractivity contribution in [3.05, 3.63) is 36.8 Å². The molecule has 2 rings (SSSR count). The summed E-state index contributed by atoms with van der Waals surface area (Å²) in [6.45, 7) is 7.20. The van der Waals surface area contributed by atoms with Crippen LogP contribution in [0.3, 0.4) is 0 Å². The van der Waals surface area contributed by atoms with Crippen molar-refractivity contribution in [2.24, 2.45) is 4.99 Å². The molecule has 0 radical (unpaired) electrons. The average Bonchev–Trinajstić information content (AvgIpc) is 3.18. The predicted octanol–water partition coefficient (Wildman–Crippen LogP) is 2.23. The van der Waals surface area contributed by atoms with Gasteiger partial charge in [0.1, 0.15) is 12.3 Å². The van der Waals surface area contributed by atoms with Crippen LogP contribution in [0.5, 0.6) is 0 Å². The van der Waals surface area contributed by atoms with Crippen LogP contribution in [0, 0.1) is 0 Å². The lowest BCUT2D eigenvalue weighted by atomic mass is 10.1. The van der Waals surface area contributed by atoms with Crippen molar-refractivity contribution in [2.75, 3.05) is 46.8 Å². The monoisotopic (exact) mass is 489 g/mol. The smallest absolute Gasteiger partial charge is 0.243 e. The predicted molar refractivity (Wildman–Crippen MR) is 119 cm³/mol. The zero-order valence-corrected chi connectivity index (χ0v) is 18.6. The molecule has 27 heavy (non-hydrogen) atoms. The van der Waals surface area contributed by atoms with Crippen LogP contribution in [0.4, 0.5) is 0 Å². The van der Waals surface area contributed by atoms with Gasteiger partial charge in [0.25, 0.3) is 0 Å². The molecule has 2 N–H and O–H groups in total. The van der Waals surface area contributed by atoms with E-state index in [4.69, 9.17) is 4.42 Å². The highest BCUT2D eigenvalue weighted by Gasteiger charge is 2.24. The molecule has 1 atom stereocenters. The Morgan fingerprint density at radius 2 is 2.11 bits per heavy atom. The lowest BCUT2D eigenvalue weighted by Gasteiger charge is -2.33. The largest absolute Gasteiger partial charge is 0.468 e. The van der Waals surface area contributed by atoms with Gasteiger partial charge in [-0.05, 0) is 38.1 Å². The summed E-state index contributed by atoms with van der Waals surface area (Å²) in [5.41, 5.74) is 0. The minimum absolute atomic E-state index is 0. The molecule has 1 amide bonds. The van der Waals surface area contributed by atoms with Crippen molar-refractivity contribution >= 4 is 35.8 Å². The number of carbonyl (C=O) groups excluding carboxylic acids is 1. The van der Waals surface area contributed by atoms with Gasteiger partial charge in [-0.15, -0.1) is 30.6 Å². The van der Waals surface area contributed by atoms with E-state index >= 15 is 0 Å². The van der Waals surface area contributed by atoms with Crippen molar-refractivity contribution in [2.45, 2.75) is 25.3 Å². The first kappa shape index (κ1) is 23.5. The molecular weight excluding hydrogens is 457 g/mol. The number of likely N-dealkylation sites (tertiary alicyclic amines) is 1. The second-order valence-electron chi connectivity index (χ2n) is 6.63. The summed E-state index contributed by atoms with van der Waals surface area (Å²) in [6, 6.07) is 4.09. The molecule has 1 aliphatic rings. The van der Waals surface area contributed by atoms with E-state index in [-0.39, 0.29) is 42.5 Å². The van der Waals surface area contributed by atoms with Crippen LogP contribution in [0.2, 0.25) is 0 Å². The zero-order chi connectivity index (χ0) is 18.8. The van der Waals surface area contributed by atoms with Crippen molar-refractivity contribution in [3.63, 3.8) is 0 Å². The first-order valence-electron chi connectivity index (χ1n) is 9.22. The molecule has 1 aromatic heterocycles. The number of nitrogens with one attached hydrogen (secondary N) is 2. The summed E-state index contributed by atoms with van der Waals surface area (Å²) in [5.74, 6) is 1.52. The summed E-state index contributed by atoms with van der Waals surface area (Å²) in [5, 5.41) is 6.52. The topological polar surface area (TPSA) is 73.1 Å². The maximum atomic E-state index is 11.8. The van der Waals surface area contributed by atoms with Crippen molar-refractivity contribution in [3.8, 4) is 0 Å². The van der Waals surface area contributed by atoms with E-state index in [0.717, 1.165) is 18.8 Å². The van der Waals surface area contributed by atoms with E-state index in [0.29, 0.717) is 19.0 Å². The molecule has 1 aliphatic heterocycles. The van der Waals surface area contributed by atoms with Crippen LogP contribution in [-0.4, -0.2) is 68.5 Å². The maximum absolute atomic E-state index is 11.8. The molecule has 1 unspecified atom stereocenters. The summed E-state index contributed by atoms with van der Waals surface area (Å²) < 4.78 is 5.67. The molecule has 0 aromatic carbocycles. The zero-order valence-electron chi connectivity index (χ0n) is 16.3. The lowest BCUT2D eigenvalue weighted by molar-refractivity contribution is -0.127. The molecule has 0 spiro atoms. The Kier molecular flexibility index (Phi) is 11.1. The number of carbonyl (C=O) groups is 1. The average molecular weight is 489 g/mol. The first-order chi connectivity index (χ1) is 12.6. The third-order valence-corrected chi connectivity index (χ3v) is 4.45. The van der Waals surface area contributed by atoms with E-state index in [1.54, 1.807) is 26.4 Å². The van der Waals surface area contributed by atoms with Gasteiger partial charge >= 0.3 is 0 Å². The Hall–Kier alpha value is -1.55. The van der Waals surface area contributed by atoms with Gasteiger partial charge in [0.15, 0.2) is 5.96 Å². The molecule has 8 heteroatoms. The van der Waals surface area contributed by atoms with E-state index in [9.17, 15) is 4.79 Å². The Morgan fingerprint density at radius 3 is 2.70 bits per heavy atom. The van der Waals surface area contributed by atoms with E-state index in [1.807, 2.05) is 12.1 Å². The van der Waals surface area contributed by atoms with Crippen LogP contribution < -0.4 is 10.6 Å². The number of halogens is 1. The maximum Gasteiger partial charge on any atom is 0.243 e. The number of guanidine groups is 1. The molecule has 7 nitrogen and oxygen atoms in total. The third-order valence-electron chi connectivity index (χ3n) is 4.45. The number of hydrogen-bond acceptors (Lipinski definition) is 4. The molecule has 1 aromatic rings. The van der Waals surface area contributed by atoms with E-state index in [1.165, 1.54) is 24.2 Å². The summed E-state index contributed by atoms with van der Waals surface area (Å²) in [4.78, 5) is 20.2. The Morgan fingerprint density at radius 1 is 1.37 bits per heavy atom. The van der Waals surface area contributed by atoms with Gasteiger partial charge in [-0.3, -0.25) is 9.69 Å². The molecule has 152 valence electrons. The number of hydrogen-bond donors (Lipinski definition) is 2. The van der Waals surface area contributed by atoms with Gasteiger partial charge < -0.3 is 20.0 Å². The van der Waals surface area contributed by atoms with Gasteiger partial charge in [0.05, 0.1) is 12.3 Å². The lowest BCUT2D eigenvalue weighted by Crippen LogP contribution is -2.44. The van der Waals surface area contributed by atoms with Crippen LogP contribution in [0.1, 0.15) is 31.1 Å². The quantitative estimate of drug-likeness (QED) is 0.254. The number of nitrogens with zero attached hydrogens (tertiary/aromatic N) is 3. The number of aliphatic imine (C=N–C) groups is 1. The van der Waals surface area contributed by atoms with Crippen molar-refractivity contribution in [1.82, 2.24) is 20.4 Å². The fourth-order valence-electron chi connectivity index (χ4n) is 2.95. The van der Waals surface area contributed by atoms with E-state index in [2.05, 4.69) is 27.1 Å². The highest BCUT2D eigenvalue weighted by atomic mass is 127. The highest BCUT2D eigenvalue weighted by molar-refractivity contribution is 14.0. The second-order valence-corrected chi connectivity index (χ2v) is 6.63. The summed E-state index contributed by atoms with van der Waals surface area (Å²) >= 11 is 0. The van der Waals surface area contributed by atoms with E-state index < -0.39 is 0 Å². The van der Waals surface area contributed by atoms with Gasteiger partial charge in [0.2, 0.25) is 5.91 Å². The van der Waals surface area contributed by atoms with Crippen LogP contribution in [-0.2, 0) is 4.79 Å². The highest BCUT2D eigenvalue weighted by Crippen LogP contribution is 2.24. The van der Waals surface area contributed by atoms with Crippen LogP contribution >= 0.6 is 24.0 Å². The van der Waals surface area contributed by atoms with Crippen LogP contribution in [0.25, 0.3) is 0 Å². The van der Waals surface area contributed by atoms with Gasteiger partial charge in [-0.1, -0.05) is 12.5 Å². The van der Waals surface area contributed by atoms with Gasteiger partial charge in [-0.25, -0.2) is 4.99 Å².